The number of amides is 2. The Morgan fingerprint density at radius 2 is 1.81 bits per heavy atom. The molecule has 27 heavy (non-hydrogen) atoms. The van der Waals surface area contributed by atoms with Crippen molar-refractivity contribution in [3.8, 4) is 0 Å². The SMILES string of the molecule is CC(C)c1ccccc1S(=O)(=O)c1cc(C(N)=O)c(NC(=O)C(C)(C)O)s1. The molecule has 1 aromatic carbocycles. The van der Waals surface area contributed by atoms with Crippen LogP contribution < -0.4 is 11.1 Å². The molecule has 4 N–H and O–H groups in total. The average molecular weight is 411 g/mol. The summed E-state index contributed by atoms with van der Waals surface area (Å²) in [5.41, 5.74) is 4.15. The number of sulfone groups is 1. The highest BCUT2D eigenvalue weighted by molar-refractivity contribution is 7.93. The van der Waals surface area contributed by atoms with Crippen molar-refractivity contribution in [2.75, 3.05) is 5.32 Å². The zero-order valence-corrected chi connectivity index (χ0v) is 17.1. The maximum Gasteiger partial charge on any atom is 0.256 e. The molecule has 1 aromatic heterocycles. The molecule has 0 bridgehead atoms. The number of hydrogen-bond acceptors (Lipinski definition) is 6. The minimum atomic E-state index is -3.92. The number of aliphatic hydroxyl groups is 1. The lowest BCUT2D eigenvalue weighted by molar-refractivity contribution is -0.130. The predicted octanol–water partition coefficient (Wildman–Crippen LogP) is 2.51. The maximum atomic E-state index is 13.1. The summed E-state index contributed by atoms with van der Waals surface area (Å²) in [4.78, 5) is 23.9. The second-order valence-electron chi connectivity index (χ2n) is 6.88. The van der Waals surface area contributed by atoms with Crippen LogP contribution >= 0.6 is 11.3 Å². The fourth-order valence-electron chi connectivity index (χ4n) is 2.34. The van der Waals surface area contributed by atoms with Gasteiger partial charge in [0.1, 0.15) is 14.8 Å². The van der Waals surface area contributed by atoms with E-state index in [-0.39, 0.29) is 25.6 Å². The zero-order chi connectivity index (χ0) is 20.6. The van der Waals surface area contributed by atoms with Crippen molar-refractivity contribution in [2.24, 2.45) is 5.73 Å². The summed E-state index contributed by atoms with van der Waals surface area (Å²) in [5, 5.41) is 12.1. The van der Waals surface area contributed by atoms with Crippen LogP contribution in [0.5, 0.6) is 0 Å². The molecule has 2 aromatic rings. The van der Waals surface area contributed by atoms with E-state index in [2.05, 4.69) is 5.32 Å². The number of carbonyl (C=O) groups excluding carboxylic acids is 2. The molecule has 0 fully saturated rings. The van der Waals surface area contributed by atoms with E-state index in [1.54, 1.807) is 18.2 Å². The van der Waals surface area contributed by atoms with Gasteiger partial charge in [-0.05, 0) is 37.5 Å². The number of benzene rings is 1. The Labute approximate surface area is 162 Å². The third kappa shape index (κ3) is 4.37. The lowest BCUT2D eigenvalue weighted by atomic mass is 10.0. The molecule has 146 valence electrons. The molecule has 0 atom stereocenters. The molecular weight excluding hydrogens is 388 g/mol. The van der Waals surface area contributed by atoms with Crippen LogP contribution in [0.2, 0.25) is 0 Å². The van der Waals surface area contributed by atoms with Crippen molar-refractivity contribution < 1.29 is 23.1 Å². The highest BCUT2D eigenvalue weighted by Crippen LogP contribution is 2.37. The molecule has 0 radical (unpaired) electrons. The summed E-state index contributed by atoms with van der Waals surface area (Å²) in [5.74, 6) is -1.69. The van der Waals surface area contributed by atoms with E-state index in [0.717, 1.165) is 17.4 Å². The van der Waals surface area contributed by atoms with E-state index >= 15 is 0 Å². The van der Waals surface area contributed by atoms with Gasteiger partial charge in [-0.1, -0.05) is 32.0 Å². The van der Waals surface area contributed by atoms with Crippen LogP contribution in [-0.2, 0) is 14.6 Å². The molecule has 0 aliphatic heterocycles. The molecular formula is C18H22N2O5S2. The number of primary amides is 1. The summed E-state index contributed by atoms with van der Waals surface area (Å²) in [6.45, 7) is 6.31. The first-order chi connectivity index (χ1) is 12.4. The topological polar surface area (TPSA) is 127 Å². The van der Waals surface area contributed by atoms with Gasteiger partial charge in [0.25, 0.3) is 11.8 Å². The highest BCUT2D eigenvalue weighted by Gasteiger charge is 2.30. The van der Waals surface area contributed by atoms with Crippen LogP contribution in [0.1, 0.15) is 49.5 Å². The number of thiophene rings is 1. The molecule has 2 rings (SSSR count). The first kappa shape index (κ1) is 21.1. The standard InChI is InChI=1S/C18H22N2O5S2/c1-10(2)11-7-5-6-8-13(11)27(24,25)14-9-12(15(19)21)16(26-14)20-17(22)18(3,4)23/h5-10,23H,1-4H3,(H2,19,21)(H,20,22). The van der Waals surface area contributed by atoms with Crippen LogP contribution in [0.15, 0.2) is 39.4 Å². The van der Waals surface area contributed by atoms with Gasteiger partial charge in [0.15, 0.2) is 0 Å². The van der Waals surface area contributed by atoms with Crippen molar-refractivity contribution in [3.05, 3.63) is 41.5 Å². The third-order valence-corrected chi connectivity index (χ3v) is 7.20. The van der Waals surface area contributed by atoms with Gasteiger partial charge in [0.2, 0.25) is 9.84 Å². The molecule has 0 saturated heterocycles. The smallest absolute Gasteiger partial charge is 0.256 e. The number of nitrogens with two attached hydrogens (primary N) is 1. The zero-order valence-electron chi connectivity index (χ0n) is 15.4. The number of nitrogens with one attached hydrogen (secondary N) is 1. The first-order valence-electron chi connectivity index (χ1n) is 8.17. The monoisotopic (exact) mass is 410 g/mol. The van der Waals surface area contributed by atoms with E-state index in [4.69, 9.17) is 5.73 Å². The number of anilines is 1. The Morgan fingerprint density at radius 3 is 2.33 bits per heavy atom. The van der Waals surface area contributed by atoms with Crippen molar-refractivity contribution in [1.29, 1.82) is 0 Å². The van der Waals surface area contributed by atoms with Crippen LogP contribution in [0.3, 0.4) is 0 Å². The summed E-state index contributed by atoms with van der Waals surface area (Å²) in [6, 6.07) is 7.77. The van der Waals surface area contributed by atoms with Gasteiger partial charge in [-0.3, -0.25) is 9.59 Å². The Hall–Kier alpha value is -2.23. The lowest BCUT2D eigenvalue weighted by Gasteiger charge is -2.16. The van der Waals surface area contributed by atoms with Gasteiger partial charge in [0, 0.05) is 0 Å². The van der Waals surface area contributed by atoms with Crippen LogP contribution in [0.4, 0.5) is 5.00 Å². The number of rotatable bonds is 6. The summed E-state index contributed by atoms with van der Waals surface area (Å²) in [7, 11) is -3.92. The fourth-order valence-corrected chi connectivity index (χ4v) is 5.45. The second kappa shape index (κ2) is 7.41. The Balaban J connectivity index is 2.58. The molecule has 0 aliphatic carbocycles. The molecule has 0 aliphatic rings. The maximum absolute atomic E-state index is 13.1. The third-order valence-electron chi connectivity index (χ3n) is 3.85. The average Bonchev–Trinajstić information content (AvgIpc) is 2.98. The van der Waals surface area contributed by atoms with Crippen molar-refractivity contribution in [2.45, 2.75) is 48.3 Å². The molecule has 0 saturated carbocycles. The molecule has 2 amide bonds. The summed E-state index contributed by atoms with van der Waals surface area (Å²) < 4.78 is 26.1. The molecule has 9 heteroatoms. The van der Waals surface area contributed by atoms with Crippen LogP contribution in [0, 0.1) is 0 Å². The predicted molar refractivity (Wildman–Crippen MR) is 104 cm³/mol. The summed E-state index contributed by atoms with van der Waals surface area (Å²) in [6.07, 6.45) is 0. The van der Waals surface area contributed by atoms with E-state index < -0.39 is 27.3 Å². The highest BCUT2D eigenvalue weighted by atomic mass is 32.2. The van der Waals surface area contributed by atoms with Crippen LogP contribution in [0.25, 0.3) is 0 Å². The van der Waals surface area contributed by atoms with Crippen molar-refractivity contribution in [3.63, 3.8) is 0 Å². The van der Waals surface area contributed by atoms with Crippen molar-refractivity contribution >= 4 is 38.0 Å². The van der Waals surface area contributed by atoms with Gasteiger partial charge in [-0.15, -0.1) is 11.3 Å². The lowest BCUT2D eigenvalue weighted by Crippen LogP contribution is -2.36. The number of hydrogen-bond donors (Lipinski definition) is 3. The van der Waals surface area contributed by atoms with E-state index in [0.29, 0.717) is 5.56 Å². The Morgan fingerprint density at radius 1 is 1.22 bits per heavy atom. The molecule has 0 unspecified atom stereocenters. The van der Waals surface area contributed by atoms with Gasteiger partial charge in [-0.2, -0.15) is 0 Å². The van der Waals surface area contributed by atoms with Crippen LogP contribution in [-0.4, -0.2) is 30.9 Å². The Kier molecular flexibility index (Phi) is 5.79. The van der Waals surface area contributed by atoms with Gasteiger partial charge in [-0.25, -0.2) is 8.42 Å². The molecule has 7 nitrogen and oxygen atoms in total. The number of carbonyl (C=O) groups is 2. The van der Waals surface area contributed by atoms with E-state index in [1.807, 2.05) is 13.8 Å². The minimum Gasteiger partial charge on any atom is -0.381 e. The Bertz CT molecular complexity index is 985. The summed E-state index contributed by atoms with van der Waals surface area (Å²) >= 11 is 0.723. The molecule has 0 spiro atoms. The van der Waals surface area contributed by atoms with Crippen molar-refractivity contribution in [1.82, 2.24) is 0 Å². The molecule has 1 heterocycles. The largest absolute Gasteiger partial charge is 0.381 e. The van der Waals surface area contributed by atoms with E-state index in [1.165, 1.54) is 19.9 Å². The minimum absolute atomic E-state index is 0.0183. The van der Waals surface area contributed by atoms with Gasteiger partial charge < -0.3 is 16.2 Å². The van der Waals surface area contributed by atoms with E-state index in [9.17, 15) is 23.1 Å². The first-order valence-corrected chi connectivity index (χ1v) is 10.5. The normalized spacial score (nSPS) is 12.2. The quantitative estimate of drug-likeness (QED) is 0.674. The second-order valence-corrected chi connectivity index (χ2v) is 10.1. The fraction of sp³-hybridized carbons (Fsp3) is 0.333. The van der Waals surface area contributed by atoms with Gasteiger partial charge in [0.05, 0.1) is 10.5 Å². The van der Waals surface area contributed by atoms with Gasteiger partial charge >= 0.3 is 0 Å².